The Morgan fingerprint density at radius 2 is 1.08 bits per heavy atom. The second kappa shape index (κ2) is 11.8. The normalized spacial score (nSPS) is 13.9. The van der Waals surface area contributed by atoms with E-state index < -0.39 is 50.0 Å². The molecule has 1 aromatic rings. The van der Waals surface area contributed by atoms with Crippen LogP contribution in [0.3, 0.4) is 0 Å². The Morgan fingerprint density at radius 1 is 0.694 bits per heavy atom. The number of aryl methyl sites for hydroxylation is 3. The summed E-state index contributed by atoms with van der Waals surface area (Å²) < 4.78 is 170. The first-order chi connectivity index (χ1) is 15.9. The average Bonchev–Trinajstić information content (AvgIpc) is 2.65. The summed E-state index contributed by atoms with van der Waals surface area (Å²) in [5, 5.41) is 0. The van der Waals surface area contributed by atoms with E-state index in [1.807, 2.05) is 0 Å². The van der Waals surface area contributed by atoms with Crippen molar-refractivity contribution in [1.29, 1.82) is 0 Å². The topological polar surface area (TPSA) is 106 Å². The van der Waals surface area contributed by atoms with Gasteiger partial charge in [0.05, 0.1) is 3.91 Å². The summed E-state index contributed by atoms with van der Waals surface area (Å²) in [7, 11) is -24.1. The third-order valence-corrected chi connectivity index (χ3v) is 11.4. The second-order valence-corrected chi connectivity index (χ2v) is 13.6. The van der Waals surface area contributed by atoms with Gasteiger partial charge in [-0.1, -0.05) is 19.8 Å². The van der Waals surface area contributed by atoms with Crippen LogP contribution in [0.5, 0.6) is 0 Å². The number of sulfone groups is 3. The standard InChI is InChI=1S/C13H22N.C4F9O6S3/c1-4-5-6-7-9-14-10-8-12(2)13(3)11-14;5-2(6,7)20(14,15)1(21(16,17)3(8,9)10)22(18,19)4(11,12)13/h8,10-11H,4-7,9H2,1-3H3;/q+1;-1. The smallest absolute Gasteiger partial charge is 0.251 e. The van der Waals surface area contributed by atoms with E-state index in [9.17, 15) is 64.8 Å². The number of hydrogen-bond donors (Lipinski definition) is 0. The van der Waals surface area contributed by atoms with Crippen molar-refractivity contribution in [3.8, 4) is 0 Å². The van der Waals surface area contributed by atoms with Gasteiger partial charge in [0.15, 0.2) is 41.9 Å². The van der Waals surface area contributed by atoms with Crippen molar-refractivity contribution >= 4 is 29.5 Å². The zero-order valence-corrected chi connectivity index (χ0v) is 21.2. The van der Waals surface area contributed by atoms with Crippen LogP contribution in [0.2, 0.25) is 0 Å². The maximum absolute atomic E-state index is 12.0. The molecule has 0 fully saturated rings. The first-order valence-corrected chi connectivity index (χ1v) is 14.1. The first kappa shape index (κ1) is 34.4. The number of pyridine rings is 1. The Bertz CT molecular complexity index is 1100. The van der Waals surface area contributed by atoms with Gasteiger partial charge in [-0.3, -0.25) is 25.3 Å². The van der Waals surface area contributed by atoms with Gasteiger partial charge in [-0.25, -0.2) is 4.57 Å². The van der Waals surface area contributed by atoms with Gasteiger partial charge in [0, 0.05) is 18.1 Å². The SMILES string of the molecule is CCCCCC[n+]1ccc(C)c(C)c1.O=S(=O)([C-](S(=O)(=O)C(F)(F)F)S(=O)(=O)C(F)(F)F)C(F)(F)F. The fraction of sp³-hybridized carbons (Fsp3) is 0.647. The van der Waals surface area contributed by atoms with Gasteiger partial charge in [-0.05, 0) is 25.8 Å². The predicted octanol–water partition coefficient (Wildman–Crippen LogP) is 4.41. The Labute approximate surface area is 202 Å². The second-order valence-electron chi connectivity index (χ2n) is 7.21. The number of aromatic nitrogens is 1. The van der Waals surface area contributed by atoms with E-state index >= 15 is 0 Å². The van der Waals surface area contributed by atoms with Crippen LogP contribution in [0.4, 0.5) is 39.5 Å². The van der Waals surface area contributed by atoms with Gasteiger partial charge < -0.3 is 0 Å². The van der Waals surface area contributed by atoms with E-state index in [2.05, 4.69) is 43.8 Å². The molecule has 0 atom stereocenters. The number of alkyl halides is 9. The highest BCUT2D eigenvalue weighted by molar-refractivity contribution is 8.29. The Hall–Kier alpha value is -1.63. The molecular formula is C17H22F9NO6S3. The lowest BCUT2D eigenvalue weighted by molar-refractivity contribution is -0.697. The molecule has 0 aliphatic rings. The highest BCUT2D eigenvalue weighted by atomic mass is 32.3. The highest BCUT2D eigenvalue weighted by Gasteiger charge is 2.63. The Balaban J connectivity index is 0.000000748. The molecule has 0 N–H and O–H groups in total. The van der Waals surface area contributed by atoms with Gasteiger partial charge in [0.2, 0.25) is 0 Å². The third kappa shape index (κ3) is 8.19. The zero-order chi connectivity index (χ0) is 29.0. The molecule has 0 saturated carbocycles. The van der Waals surface area contributed by atoms with Crippen molar-refractivity contribution < 1.29 is 69.3 Å². The van der Waals surface area contributed by atoms with Crippen LogP contribution in [0.25, 0.3) is 0 Å². The summed E-state index contributed by atoms with van der Waals surface area (Å²) in [6, 6.07) is 2.20. The van der Waals surface area contributed by atoms with Crippen molar-refractivity contribution in [2.24, 2.45) is 0 Å². The van der Waals surface area contributed by atoms with Crippen LogP contribution in [-0.2, 0) is 36.1 Å². The van der Waals surface area contributed by atoms with E-state index in [-0.39, 0.29) is 0 Å². The van der Waals surface area contributed by atoms with Crippen LogP contribution in [0.1, 0.15) is 43.7 Å². The molecule has 1 heterocycles. The lowest BCUT2D eigenvalue weighted by Crippen LogP contribution is -2.47. The Morgan fingerprint density at radius 3 is 1.39 bits per heavy atom. The van der Waals surface area contributed by atoms with Crippen LogP contribution < -0.4 is 4.57 Å². The molecule has 0 spiro atoms. The number of rotatable bonds is 8. The summed E-state index contributed by atoms with van der Waals surface area (Å²) in [4.78, 5) is 0. The number of unbranched alkanes of at least 4 members (excludes halogenated alkanes) is 3. The molecule has 0 aliphatic carbocycles. The molecule has 0 aromatic carbocycles. The van der Waals surface area contributed by atoms with E-state index in [0.29, 0.717) is 0 Å². The molecule has 0 radical (unpaired) electrons. The van der Waals surface area contributed by atoms with Crippen LogP contribution >= 0.6 is 0 Å². The number of hydrogen-bond acceptors (Lipinski definition) is 6. The molecule has 0 aliphatic heterocycles. The van der Waals surface area contributed by atoms with E-state index in [1.54, 1.807) is 0 Å². The zero-order valence-electron chi connectivity index (χ0n) is 18.8. The summed E-state index contributed by atoms with van der Waals surface area (Å²) in [6.45, 7) is 7.76. The molecule has 0 saturated heterocycles. The number of halogens is 9. The molecule has 0 unspecified atom stereocenters. The van der Waals surface area contributed by atoms with Crippen molar-refractivity contribution in [2.45, 2.75) is 69.5 Å². The van der Waals surface area contributed by atoms with Gasteiger partial charge >= 0.3 is 16.5 Å². The van der Waals surface area contributed by atoms with Gasteiger partial charge in [-0.15, -0.1) is 0 Å². The van der Waals surface area contributed by atoms with Crippen LogP contribution in [-0.4, -0.2) is 41.8 Å². The minimum atomic E-state index is -8.02. The summed E-state index contributed by atoms with van der Waals surface area (Å²) in [5.74, 6) is 0. The molecule has 1 aromatic heterocycles. The summed E-state index contributed by atoms with van der Waals surface area (Å²) in [6.07, 6.45) is 9.79. The van der Waals surface area contributed by atoms with Crippen molar-refractivity contribution in [2.75, 3.05) is 0 Å². The van der Waals surface area contributed by atoms with Crippen LogP contribution in [0.15, 0.2) is 18.5 Å². The molecule has 212 valence electrons. The molecule has 19 heteroatoms. The largest absolute Gasteiger partial charge is 0.470 e. The van der Waals surface area contributed by atoms with Gasteiger partial charge in [0.1, 0.15) is 6.54 Å². The maximum Gasteiger partial charge on any atom is 0.470 e. The monoisotopic (exact) mass is 603 g/mol. The predicted molar refractivity (Wildman–Crippen MR) is 108 cm³/mol. The maximum atomic E-state index is 12.0. The van der Waals surface area contributed by atoms with Crippen LogP contribution in [0, 0.1) is 17.8 Å². The molecule has 36 heavy (non-hydrogen) atoms. The molecular weight excluding hydrogens is 581 g/mol. The number of nitrogens with zero attached hydrogens (tertiary/aromatic N) is 1. The fourth-order valence-electron chi connectivity index (χ4n) is 2.31. The van der Waals surface area contributed by atoms with E-state index in [0.717, 1.165) is 0 Å². The Kier molecular flexibility index (Phi) is 11.3. The van der Waals surface area contributed by atoms with E-state index in [4.69, 9.17) is 0 Å². The van der Waals surface area contributed by atoms with E-state index in [1.165, 1.54) is 43.4 Å². The summed E-state index contributed by atoms with van der Waals surface area (Å²) >= 11 is 0. The molecule has 0 amide bonds. The molecule has 1 rings (SSSR count). The van der Waals surface area contributed by atoms with Crippen molar-refractivity contribution in [3.05, 3.63) is 33.5 Å². The molecule has 0 bridgehead atoms. The van der Waals surface area contributed by atoms with Gasteiger partial charge in [0.25, 0.3) is 0 Å². The average molecular weight is 604 g/mol. The van der Waals surface area contributed by atoms with Gasteiger partial charge in [-0.2, -0.15) is 39.5 Å². The minimum absolute atomic E-state index is 1.17. The summed E-state index contributed by atoms with van der Waals surface area (Å²) in [5.41, 5.74) is -18.4. The quantitative estimate of drug-likeness (QED) is 0.189. The van der Waals surface area contributed by atoms with Crippen molar-refractivity contribution in [1.82, 2.24) is 0 Å². The third-order valence-electron chi connectivity index (χ3n) is 4.34. The highest BCUT2D eigenvalue weighted by Crippen LogP contribution is 2.47. The first-order valence-electron chi connectivity index (χ1n) is 9.63. The lowest BCUT2D eigenvalue weighted by atomic mass is 10.2. The molecule has 7 nitrogen and oxygen atoms in total. The fourth-order valence-corrected chi connectivity index (χ4v) is 8.04. The lowest BCUT2D eigenvalue weighted by Gasteiger charge is -2.31. The van der Waals surface area contributed by atoms with Crippen molar-refractivity contribution in [3.63, 3.8) is 0 Å². The minimum Gasteiger partial charge on any atom is -0.251 e.